The summed E-state index contributed by atoms with van der Waals surface area (Å²) in [7, 11) is 3.01. The molecule has 0 aromatic heterocycles. The highest BCUT2D eigenvalue weighted by molar-refractivity contribution is 6.00. The topological polar surface area (TPSA) is 77.1 Å². The van der Waals surface area contributed by atoms with Crippen molar-refractivity contribution >= 4 is 11.9 Å². The molecule has 2 heterocycles. The van der Waals surface area contributed by atoms with Gasteiger partial charge in [-0.15, -0.1) is 0 Å². The number of methoxy groups -OCH3 is 1. The van der Waals surface area contributed by atoms with Gasteiger partial charge >= 0.3 is 12.3 Å². The van der Waals surface area contributed by atoms with E-state index in [1.165, 1.54) is 18.2 Å². The number of ether oxygens (including phenoxy) is 3. The summed E-state index contributed by atoms with van der Waals surface area (Å²) in [5, 5.41) is 2.72. The van der Waals surface area contributed by atoms with E-state index in [9.17, 15) is 22.8 Å². The molecule has 140 valence electrons. The van der Waals surface area contributed by atoms with Crippen LogP contribution in [0.2, 0.25) is 0 Å². The molecule has 1 saturated heterocycles. The fraction of sp³-hybridized carbons (Fsp3) is 0.733. The van der Waals surface area contributed by atoms with Gasteiger partial charge in [-0.25, -0.2) is 4.79 Å². The van der Waals surface area contributed by atoms with Crippen molar-refractivity contribution in [2.45, 2.75) is 24.2 Å². The molecule has 7 nitrogen and oxygen atoms in total. The number of rotatable bonds is 4. The number of fused-ring (bicyclic) bond motifs is 2. The minimum absolute atomic E-state index is 0.0251. The van der Waals surface area contributed by atoms with E-state index in [-0.39, 0.29) is 25.4 Å². The predicted molar refractivity (Wildman–Crippen MR) is 77.3 cm³/mol. The second-order valence-electron chi connectivity index (χ2n) is 6.60. The lowest BCUT2D eigenvalue weighted by atomic mass is 9.77. The number of alkyl halides is 3. The van der Waals surface area contributed by atoms with E-state index in [0.717, 1.165) is 0 Å². The first kappa shape index (κ1) is 18.0. The summed E-state index contributed by atoms with van der Waals surface area (Å²) >= 11 is 0. The Balaban J connectivity index is 1.96. The molecular weight excluding hydrogens is 345 g/mol. The number of ketones is 1. The zero-order chi connectivity index (χ0) is 18.4. The smallest absolute Gasteiger partial charge is 0.447 e. The number of nitrogens with one attached hydrogen (secondary N) is 1. The average Bonchev–Trinajstić information content (AvgIpc) is 3.05. The first-order valence-corrected chi connectivity index (χ1v) is 7.78. The quantitative estimate of drug-likeness (QED) is 0.752. The van der Waals surface area contributed by atoms with Gasteiger partial charge in [0.1, 0.15) is 18.9 Å². The number of hydrogen-bond donors (Lipinski definition) is 1. The van der Waals surface area contributed by atoms with Gasteiger partial charge in [-0.2, -0.15) is 13.2 Å². The molecule has 0 aromatic carbocycles. The van der Waals surface area contributed by atoms with Gasteiger partial charge in [-0.05, 0) is 12.3 Å². The fourth-order valence-electron chi connectivity index (χ4n) is 4.11. The Morgan fingerprint density at radius 1 is 1.52 bits per heavy atom. The summed E-state index contributed by atoms with van der Waals surface area (Å²) in [5.74, 6) is -2.99. The van der Waals surface area contributed by atoms with Crippen molar-refractivity contribution in [2.75, 3.05) is 34.1 Å². The van der Waals surface area contributed by atoms with Crippen molar-refractivity contribution in [2.24, 2.45) is 11.8 Å². The Morgan fingerprint density at radius 3 is 2.80 bits per heavy atom. The maximum atomic E-state index is 13.0. The molecule has 1 N–H and O–H groups in total. The number of carbonyl (C=O) groups excluding carboxylic acids is 2. The van der Waals surface area contributed by atoms with E-state index in [1.54, 1.807) is 7.05 Å². The third-order valence-electron chi connectivity index (χ3n) is 5.12. The van der Waals surface area contributed by atoms with Crippen LogP contribution in [0, 0.1) is 11.8 Å². The van der Waals surface area contributed by atoms with E-state index in [2.05, 4.69) is 5.32 Å². The highest BCUT2D eigenvalue weighted by Crippen LogP contribution is 2.50. The van der Waals surface area contributed by atoms with Crippen LogP contribution < -0.4 is 5.32 Å². The largest absolute Gasteiger partial charge is 0.454 e. The summed E-state index contributed by atoms with van der Waals surface area (Å²) in [5.41, 5.74) is -1.30. The third kappa shape index (κ3) is 2.97. The molecule has 2 fully saturated rings. The molecule has 2 aliphatic heterocycles. The van der Waals surface area contributed by atoms with Gasteiger partial charge in [0.25, 0.3) is 5.78 Å². The molecule has 1 spiro atoms. The summed E-state index contributed by atoms with van der Waals surface area (Å²) in [6, 6.07) is 0. The van der Waals surface area contributed by atoms with Crippen LogP contribution >= 0.6 is 0 Å². The highest BCUT2D eigenvalue weighted by atomic mass is 19.4. The number of amides is 1. The Labute approximate surface area is 142 Å². The van der Waals surface area contributed by atoms with Crippen molar-refractivity contribution in [3.8, 4) is 0 Å². The third-order valence-corrected chi connectivity index (χ3v) is 5.12. The van der Waals surface area contributed by atoms with Crippen LogP contribution in [0.15, 0.2) is 11.8 Å². The van der Waals surface area contributed by atoms with Gasteiger partial charge < -0.3 is 24.4 Å². The SMILES string of the molecule is COCO[C@H]1C[C@H]2C(C(=O)C(F)(F)F)=CN(C)C[C@H]2[C@]12COC(=O)N2. The number of Topliss-reactive ketones (excluding diaryl/α,β-unsaturated/α-hetero) is 1. The minimum atomic E-state index is -4.96. The maximum Gasteiger partial charge on any atom is 0.454 e. The number of carbonyl (C=O) groups is 2. The lowest BCUT2D eigenvalue weighted by Gasteiger charge is -2.40. The molecule has 3 rings (SSSR count). The zero-order valence-electron chi connectivity index (χ0n) is 13.8. The fourth-order valence-corrected chi connectivity index (χ4v) is 4.11. The lowest BCUT2D eigenvalue weighted by molar-refractivity contribution is -0.167. The molecule has 0 aromatic rings. The molecule has 0 bridgehead atoms. The molecule has 4 atom stereocenters. The van der Waals surface area contributed by atoms with Crippen molar-refractivity contribution in [3.63, 3.8) is 0 Å². The van der Waals surface area contributed by atoms with E-state index < -0.39 is 41.5 Å². The van der Waals surface area contributed by atoms with Crippen LogP contribution in [0.1, 0.15) is 6.42 Å². The Hall–Kier alpha value is -1.81. The molecule has 10 heteroatoms. The molecule has 25 heavy (non-hydrogen) atoms. The summed E-state index contributed by atoms with van der Waals surface area (Å²) in [6.07, 6.45) is -4.82. The number of nitrogens with zero attached hydrogens (tertiary/aromatic N) is 1. The first-order valence-electron chi connectivity index (χ1n) is 7.78. The molecule has 0 unspecified atom stereocenters. The van der Waals surface area contributed by atoms with E-state index in [1.807, 2.05) is 0 Å². The normalized spacial score (nSPS) is 34.6. The van der Waals surface area contributed by atoms with Gasteiger partial charge in [-0.1, -0.05) is 0 Å². The molecule has 3 aliphatic rings. The van der Waals surface area contributed by atoms with Crippen LogP contribution in [0.25, 0.3) is 0 Å². The number of allylic oxidation sites excluding steroid dienone is 1. The second kappa shape index (κ2) is 6.17. The molecule has 1 saturated carbocycles. The monoisotopic (exact) mass is 364 g/mol. The van der Waals surface area contributed by atoms with Crippen LogP contribution in [-0.4, -0.2) is 68.7 Å². The van der Waals surface area contributed by atoms with Gasteiger partial charge in [-0.3, -0.25) is 4.79 Å². The average molecular weight is 364 g/mol. The van der Waals surface area contributed by atoms with Gasteiger partial charge in [0, 0.05) is 38.4 Å². The van der Waals surface area contributed by atoms with Gasteiger partial charge in [0.05, 0.1) is 6.10 Å². The zero-order valence-corrected chi connectivity index (χ0v) is 13.8. The Morgan fingerprint density at radius 2 is 2.24 bits per heavy atom. The van der Waals surface area contributed by atoms with Crippen molar-refractivity contribution < 1.29 is 37.0 Å². The van der Waals surface area contributed by atoms with E-state index in [0.29, 0.717) is 6.54 Å². The molecule has 1 amide bonds. The number of hydrogen-bond acceptors (Lipinski definition) is 6. The van der Waals surface area contributed by atoms with Gasteiger partial charge in [0.2, 0.25) is 0 Å². The Bertz CT molecular complexity index is 608. The van der Waals surface area contributed by atoms with Crippen molar-refractivity contribution in [1.82, 2.24) is 10.2 Å². The maximum absolute atomic E-state index is 13.0. The lowest BCUT2D eigenvalue weighted by Crippen LogP contribution is -2.58. The summed E-state index contributed by atoms with van der Waals surface area (Å²) in [6.45, 7) is 0.266. The van der Waals surface area contributed by atoms with E-state index >= 15 is 0 Å². The minimum Gasteiger partial charge on any atom is -0.447 e. The van der Waals surface area contributed by atoms with Crippen LogP contribution in [-0.2, 0) is 19.0 Å². The first-order chi connectivity index (χ1) is 11.7. The van der Waals surface area contributed by atoms with Crippen LogP contribution in [0.4, 0.5) is 18.0 Å². The van der Waals surface area contributed by atoms with E-state index in [4.69, 9.17) is 14.2 Å². The number of cyclic esters (lactones) is 1. The second-order valence-corrected chi connectivity index (χ2v) is 6.60. The van der Waals surface area contributed by atoms with Crippen molar-refractivity contribution in [1.29, 1.82) is 0 Å². The summed E-state index contributed by atoms with van der Waals surface area (Å²) < 4.78 is 54.5. The number of alkyl carbamates (subject to hydrolysis) is 1. The number of halogens is 3. The predicted octanol–water partition coefficient (Wildman–Crippen LogP) is 1.05. The van der Waals surface area contributed by atoms with Gasteiger partial charge in [0.15, 0.2) is 0 Å². The molecule has 1 aliphatic carbocycles. The molecular formula is C15H19F3N2O5. The van der Waals surface area contributed by atoms with Crippen LogP contribution in [0.5, 0.6) is 0 Å². The Kier molecular flexibility index (Phi) is 4.44. The highest BCUT2D eigenvalue weighted by Gasteiger charge is 2.63. The standard InChI is InChI=1S/C15H19F3N2O5/c1-20-4-9(12(21)15(16,17)18)8-3-11(25-7-23-2)14(10(8)5-20)6-24-13(22)19-14/h4,8,10-11H,3,5-7H2,1-2H3,(H,19,22)/t8-,10+,11-,14+/m0/s1. The van der Waals surface area contributed by atoms with Crippen molar-refractivity contribution in [3.05, 3.63) is 11.8 Å². The summed E-state index contributed by atoms with van der Waals surface area (Å²) in [4.78, 5) is 25.1. The van der Waals surface area contributed by atoms with Crippen LogP contribution in [0.3, 0.4) is 0 Å². The molecule has 0 radical (unpaired) electrons.